The summed E-state index contributed by atoms with van der Waals surface area (Å²) < 4.78 is 13.1. The zero-order chi connectivity index (χ0) is 7.07. The van der Waals surface area contributed by atoms with Gasteiger partial charge in [-0.2, -0.15) is 0 Å². The van der Waals surface area contributed by atoms with Crippen LogP contribution < -0.4 is 0 Å². The van der Waals surface area contributed by atoms with Crippen LogP contribution in [0.2, 0.25) is 0 Å². The molecule has 0 amide bonds. The second-order valence-electron chi connectivity index (χ2n) is 3.57. The van der Waals surface area contributed by atoms with Gasteiger partial charge in [0.2, 0.25) is 0 Å². The molecule has 1 saturated carbocycles. The van der Waals surface area contributed by atoms with E-state index in [0.717, 1.165) is 12.8 Å². The van der Waals surface area contributed by atoms with Gasteiger partial charge in [0, 0.05) is 0 Å². The van der Waals surface area contributed by atoms with Crippen molar-refractivity contribution in [2.24, 2.45) is 11.8 Å². The Morgan fingerprint density at radius 2 is 1.67 bits per heavy atom. The maximum Gasteiger partial charge on any atom is 0.114 e. The number of hydrogen-bond acceptors (Lipinski definition) is 0. The minimum atomic E-state index is -0.770. The third-order valence-corrected chi connectivity index (χ3v) is 2.54. The number of halogens is 1. The lowest BCUT2D eigenvalue weighted by atomic mass is 9.92. The molecule has 0 aromatic rings. The molecule has 1 heteroatoms. The van der Waals surface area contributed by atoms with E-state index in [1.807, 2.05) is 6.92 Å². The van der Waals surface area contributed by atoms with E-state index in [9.17, 15) is 4.39 Å². The average Bonchev–Trinajstić information content (AvgIpc) is 2.47. The first kappa shape index (κ1) is 7.04. The van der Waals surface area contributed by atoms with Crippen molar-refractivity contribution in [3.63, 3.8) is 0 Å². The van der Waals surface area contributed by atoms with Crippen LogP contribution in [0.3, 0.4) is 0 Å². The molecule has 1 rings (SSSR count). The predicted octanol–water partition coefficient (Wildman–Crippen LogP) is 2.78. The number of hydrogen-bond donors (Lipinski definition) is 0. The highest BCUT2D eigenvalue weighted by Crippen LogP contribution is 2.48. The van der Waals surface area contributed by atoms with Crippen LogP contribution >= 0.6 is 0 Å². The van der Waals surface area contributed by atoms with E-state index < -0.39 is 5.67 Å². The fourth-order valence-electron chi connectivity index (χ4n) is 1.17. The largest absolute Gasteiger partial charge is 0.244 e. The van der Waals surface area contributed by atoms with Crippen LogP contribution in [0.4, 0.5) is 4.39 Å². The molecule has 1 aliphatic rings. The van der Waals surface area contributed by atoms with Gasteiger partial charge in [-0.3, -0.25) is 0 Å². The summed E-state index contributed by atoms with van der Waals surface area (Å²) in [6.07, 6.45) is 1.60. The van der Waals surface area contributed by atoms with E-state index >= 15 is 0 Å². The molecule has 0 bridgehead atoms. The Hall–Kier alpha value is -0.0700. The molecule has 0 radical (unpaired) electrons. The van der Waals surface area contributed by atoms with Gasteiger partial charge < -0.3 is 0 Å². The molecule has 1 atom stereocenters. The fraction of sp³-hybridized carbons (Fsp3) is 1.00. The molecule has 0 spiro atoms. The first-order valence-corrected chi connectivity index (χ1v) is 3.75. The standard InChI is InChI=1S/C8H15F/c1-6(2)7(3)8(9)4-5-8/h6-7H,4-5H2,1-3H3/t7-/m0/s1. The van der Waals surface area contributed by atoms with Gasteiger partial charge in [0.25, 0.3) is 0 Å². The van der Waals surface area contributed by atoms with E-state index in [2.05, 4.69) is 13.8 Å². The van der Waals surface area contributed by atoms with Crippen molar-refractivity contribution in [2.45, 2.75) is 39.3 Å². The summed E-state index contributed by atoms with van der Waals surface area (Å²) in [5.41, 5.74) is -0.770. The zero-order valence-corrected chi connectivity index (χ0v) is 6.45. The molecular formula is C8H15F. The monoisotopic (exact) mass is 130 g/mol. The van der Waals surface area contributed by atoms with Crippen LogP contribution in [0.25, 0.3) is 0 Å². The SMILES string of the molecule is CC(C)[C@H](C)C1(F)CC1. The molecule has 1 fully saturated rings. The predicted molar refractivity (Wildman–Crippen MR) is 37.1 cm³/mol. The summed E-state index contributed by atoms with van der Waals surface area (Å²) in [5, 5.41) is 0. The summed E-state index contributed by atoms with van der Waals surface area (Å²) in [4.78, 5) is 0. The van der Waals surface area contributed by atoms with E-state index in [1.54, 1.807) is 0 Å². The number of alkyl halides is 1. The molecule has 0 aromatic heterocycles. The Morgan fingerprint density at radius 1 is 1.22 bits per heavy atom. The summed E-state index contributed by atoms with van der Waals surface area (Å²) >= 11 is 0. The summed E-state index contributed by atoms with van der Waals surface area (Å²) in [6.45, 7) is 6.19. The van der Waals surface area contributed by atoms with E-state index in [0.29, 0.717) is 5.92 Å². The van der Waals surface area contributed by atoms with Crippen LogP contribution in [-0.2, 0) is 0 Å². The van der Waals surface area contributed by atoms with Crippen molar-refractivity contribution < 1.29 is 4.39 Å². The zero-order valence-electron chi connectivity index (χ0n) is 6.45. The van der Waals surface area contributed by atoms with Crippen LogP contribution in [-0.4, -0.2) is 5.67 Å². The van der Waals surface area contributed by atoms with E-state index in [1.165, 1.54) is 0 Å². The maximum absolute atomic E-state index is 13.1. The highest BCUT2D eigenvalue weighted by atomic mass is 19.1. The van der Waals surface area contributed by atoms with Gasteiger partial charge in [-0.1, -0.05) is 20.8 Å². The minimum absolute atomic E-state index is 0.262. The molecule has 0 unspecified atom stereocenters. The molecule has 0 heterocycles. The first-order valence-electron chi connectivity index (χ1n) is 3.75. The van der Waals surface area contributed by atoms with E-state index in [4.69, 9.17) is 0 Å². The van der Waals surface area contributed by atoms with E-state index in [-0.39, 0.29) is 5.92 Å². The van der Waals surface area contributed by atoms with Crippen LogP contribution in [0, 0.1) is 11.8 Å². The summed E-state index contributed by atoms with van der Waals surface area (Å²) in [5.74, 6) is 0.759. The van der Waals surface area contributed by atoms with Gasteiger partial charge >= 0.3 is 0 Å². The van der Waals surface area contributed by atoms with Gasteiger partial charge in [-0.15, -0.1) is 0 Å². The van der Waals surface area contributed by atoms with Crippen molar-refractivity contribution in [1.29, 1.82) is 0 Å². The van der Waals surface area contributed by atoms with Gasteiger partial charge in [0.1, 0.15) is 5.67 Å². The second kappa shape index (κ2) is 1.96. The Morgan fingerprint density at radius 3 is 1.78 bits per heavy atom. The third kappa shape index (κ3) is 1.25. The Labute approximate surface area is 56.5 Å². The van der Waals surface area contributed by atoms with Gasteiger partial charge in [-0.25, -0.2) is 4.39 Å². The Kier molecular flexibility index (Phi) is 1.54. The molecule has 54 valence electrons. The lowest BCUT2D eigenvalue weighted by Crippen LogP contribution is -2.18. The van der Waals surface area contributed by atoms with Crippen LogP contribution in [0.15, 0.2) is 0 Å². The maximum atomic E-state index is 13.1. The normalized spacial score (nSPS) is 26.3. The molecule has 0 saturated heterocycles. The van der Waals surface area contributed by atoms with Gasteiger partial charge in [0.15, 0.2) is 0 Å². The molecule has 0 nitrogen and oxygen atoms in total. The topological polar surface area (TPSA) is 0 Å². The first-order chi connectivity index (χ1) is 4.06. The van der Waals surface area contributed by atoms with Crippen molar-refractivity contribution in [2.75, 3.05) is 0 Å². The molecular weight excluding hydrogens is 115 g/mol. The smallest absolute Gasteiger partial charge is 0.114 e. The molecule has 1 aliphatic carbocycles. The summed E-state index contributed by atoms with van der Waals surface area (Å²) in [7, 11) is 0. The molecule has 9 heavy (non-hydrogen) atoms. The summed E-state index contributed by atoms with van der Waals surface area (Å²) in [6, 6.07) is 0. The fourth-order valence-corrected chi connectivity index (χ4v) is 1.17. The lowest BCUT2D eigenvalue weighted by Gasteiger charge is -2.18. The highest BCUT2D eigenvalue weighted by Gasteiger charge is 2.48. The number of rotatable bonds is 2. The quantitative estimate of drug-likeness (QED) is 0.539. The molecule has 0 aromatic carbocycles. The molecule has 0 aliphatic heterocycles. The van der Waals surface area contributed by atoms with Crippen LogP contribution in [0.5, 0.6) is 0 Å². The molecule has 0 N–H and O–H groups in total. The third-order valence-electron chi connectivity index (χ3n) is 2.54. The van der Waals surface area contributed by atoms with Gasteiger partial charge in [0.05, 0.1) is 0 Å². The Balaban J connectivity index is 2.42. The van der Waals surface area contributed by atoms with Crippen molar-refractivity contribution in [3.05, 3.63) is 0 Å². The average molecular weight is 130 g/mol. The second-order valence-corrected chi connectivity index (χ2v) is 3.57. The minimum Gasteiger partial charge on any atom is -0.244 e. The van der Waals surface area contributed by atoms with Gasteiger partial charge in [-0.05, 0) is 24.7 Å². The van der Waals surface area contributed by atoms with Crippen molar-refractivity contribution in [3.8, 4) is 0 Å². The van der Waals surface area contributed by atoms with Crippen molar-refractivity contribution in [1.82, 2.24) is 0 Å². The lowest BCUT2D eigenvalue weighted by molar-refractivity contribution is 0.172. The van der Waals surface area contributed by atoms with Crippen molar-refractivity contribution >= 4 is 0 Å². The Bertz CT molecular complexity index is 103. The highest BCUT2D eigenvalue weighted by molar-refractivity contribution is 4.98. The van der Waals surface area contributed by atoms with Crippen LogP contribution in [0.1, 0.15) is 33.6 Å².